The normalized spacial score (nSPS) is 19.8. The van der Waals surface area contributed by atoms with Crippen LogP contribution in [0.15, 0.2) is 24.3 Å². The van der Waals surface area contributed by atoms with Gasteiger partial charge in [0, 0.05) is 30.6 Å². The third-order valence-electron chi connectivity index (χ3n) is 4.41. The number of non-ortho nitro benzene ring substituents is 1. The maximum absolute atomic E-state index is 12.3. The first-order valence-electron chi connectivity index (χ1n) is 9.14. The fraction of sp³-hybridized carbons (Fsp3) is 0.579. The van der Waals surface area contributed by atoms with E-state index in [1.165, 1.54) is 12.1 Å². The van der Waals surface area contributed by atoms with Gasteiger partial charge in [-0.2, -0.15) is 0 Å². The molecule has 0 aromatic heterocycles. The number of nitrogens with one attached hydrogen (secondary N) is 2. The Balaban J connectivity index is 1.75. The maximum atomic E-state index is 12.3. The molecule has 0 radical (unpaired) electrons. The molecular formula is C19H27N3O5. The van der Waals surface area contributed by atoms with Crippen LogP contribution in [0.3, 0.4) is 0 Å². The molecule has 2 N–H and O–H groups in total. The summed E-state index contributed by atoms with van der Waals surface area (Å²) in [5, 5.41) is 16.5. The van der Waals surface area contributed by atoms with Crippen molar-refractivity contribution in [1.29, 1.82) is 0 Å². The van der Waals surface area contributed by atoms with E-state index in [2.05, 4.69) is 10.6 Å². The molecule has 0 bridgehead atoms. The second-order valence-electron chi connectivity index (χ2n) is 7.84. The van der Waals surface area contributed by atoms with E-state index in [0.717, 1.165) is 0 Å². The maximum Gasteiger partial charge on any atom is 0.407 e. The van der Waals surface area contributed by atoms with E-state index in [1.807, 2.05) is 20.8 Å². The number of rotatable bonds is 5. The number of nitro benzene ring substituents is 1. The molecule has 27 heavy (non-hydrogen) atoms. The van der Waals surface area contributed by atoms with Gasteiger partial charge in [-0.25, -0.2) is 4.79 Å². The first kappa shape index (κ1) is 20.7. The average Bonchev–Trinajstić information content (AvgIpc) is 2.59. The molecule has 1 fully saturated rings. The molecule has 0 saturated heterocycles. The van der Waals surface area contributed by atoms with Crippen LogP contribution in [0.2, 0.25) is 0 Å². The summed E-state index contributed by atoms with van der Waals surface area (Å²) in [4.78, 5) is 34.5. The molecule has 0 aliphatic heterocycles. The Morgan fingerprint density at radius 2 is 1.89 bits per heavy atom. The predicted molar refractivity (Wildman–Crippen MR) is 100 cm³/mol. The highest BCUT2D eigenvalue weighted by Gasteiger charge is 2.28. The zero-order valence-electron chi connectivity index (χ0n) is 16.0. The van der Waals surface area contributed by atoms with Crippen LogP contribution in [-0.2, 0) is 16.1 Å². The molecule has 1 saturated carbocycles. The second kappa shape index (κ2) is 8.83. The number of hydrogen-bond donors (Lipinski definition) is 2. The zero-order valence-corrected chi connectivity index (χ0v) is 16.0. The smallest absolute Gasteiger partial charge is 0.407 e. The Kier molecular flexibility index (Phi) is 6.76. The van der Waals surface area contributed by atoms with Crippen molar-refractivity contribution in [3.63, 3.8) is 0 Å². The third-order valence-corrected chi connectivity index (χ3v) is 4.41. The Morgan fingerprint density at radius 3 is 2.48 bits per heavy atom. The lowest BCUT2D eigenvalue weighted by Crippen LogP contribution is -2.42. The van der Waals surface area contributed by atoms with Crippen molar-refractivity contribution in [2.45, 2.75) is 64.6 Å². The standard InChI is InChI=1S/C19H27N3O5/c1-19(2,3)27-18(24)21-15-9-7-14(8-10-15)17(23)20-12-13-5-4-6-16(11-13)22(25)26/h4-6,11,14-15H,7-10,12H2,1-3H3,(H,20,23)(H,21,24). The summed E-state index contributed by atoms with van der Waals surface area (Å²) in [6, 6.07) is 6.24. The van der Waals surface area contributed by atoms with Gasteiger partial charge in [0.15, 0.2) is 0 Å². The lowest BCUT2D eigenvalue weighted by atomic mass is 9.85. The summed E-state index contributed by atoms with van der Waals surface area (Å²) >= 11 is 0. The highest BCUT2D eigenvalue weighted by Crippen LogP contribution is 2.25. The average molecular weight is 377 g/mol. The molecule has 1 aromatic carbocycles. The minimum atomic E-state index is -0.534. The number of alkyl carbamates (subject to hydrolysis) is 1. The van der Waals surface area contributed by atoms with E-state index in [9.17, 15) is 19.7 Å². The Morgan fingerprint density at radius 1 is 1.22 bits per heavy atom. The van der Waals surface area contributed by atoms with E-state index < -0.39 is 16.6 Å². The quantitative estimate of drug-likeness (QED) is 0.604. The van der Waals surface area contributed by atoms with Crippen LogP contribution in [0.4, 0.5) is 10.5 Å². The summed E-state index contributed by atoms with van der Waals surface area (Å²) in [7, 11) is 0. The Bertz CT molecular complexity index is 691. The predicted octanol–water partition coefficient (Wildman–Crippen LogP) is 3.29. The number of amides is 2. The van der Waals surface area contributed by atoms with Crippen LogP contribution in [0.1, 0.15) is 52.0 Å². The molecule has 0 spiro atoms. The third kappa shape index (κ3) is 6.88. The largest absolute Gasteiger partial charge is 0.444 e. The van der Waals surface area contributed by atoms with Crippen molar-refractivity contribution in [1.82, 2.24) is 10.6 Å². The first-order chi connectivity index (χ1) is 12.6. The minimum Gasteiger partial charge on any atom is -0.444 e. The van der Waals surface area contributed by atoms with E-state index >= 15 is 0 Å². The van der Waals surface area contributed by atoms with Gasteiger partial charge < -0.3 is 15.4 Å². The number of carbonyl (C=O) groups is 2. The molecule has 0 unspecified atom stereocenters. The SMILES string of the molecule is CC(C)(C)OC(=O)NC1CCC(C(=O)NCc2cccc([N+](=O)[O-])c2)CC1. The fourth-order valence-electron chi connectivity index (χ4n) is 3.09. The summed E-state index contributed by atoms with van der Waals surface area (Å²) in [6.07, 6.45) is 2.37. The van der Waals surface area contributed by atoms with Crippen molar-refractivity contribution in [2.24, 2.45) is 5.92 Å². The minimum absolute atomic E-state index is 0.00970. The van der Waals surface area contributed by atoms with Gasteiger partial charge in [-0.3, -0.25) is 14.9 Å². The van der Waals surface area contributed by atoms with Crippen LogP contribution in [-0.4, -0.2) is 28.6 Å². The lowest BCUT2D eigenvalue weighted by molar-refractivity contribution is -0.384. The van der Waals surface area contributed by atoms with E-state index in [-0.39, 0.29) is 30.1 Å². The van der Waals surface area contributed by atoms with E-state index in [1.54, 1.807) is 12.1 Å². The molecular weight excluding hydrogens is 350 g/mol. The number of nitrogens with zero attached hydrogens (tertiary/aromatic N) is 1. The molecule has 148 valence electrons. The number of ether oxygens (including phenoxy) is 1. The van der Waals surface area contributed by atoms with Crippen LogP contribution >= 0.6 is 0 Å². The number of nitro groups is 1. The van der Waals surface area contributed by atoms with Gasteiger partial charge >= 0.3 is 6.09 Å². The van der Waals surface area contributed by atoms with Crippen molar-refractivity contribution in [3.8, 4) is 0 Å². The van der Waals surface area contributed by atoms with Crippen molar-refractivity contribution < 1.29 is 19.2 Å². The Labute approximate surface area is 158 Å². The van der Waals surface area contributed by atoms with Gasteiger partial charge in [0.2, 0.25) is 5.91 Å². The van der Waals surface area contributed by atoms with E-state index in [0.29, 0.717) is 31.2 Å². The van der Waals surface area contributed by atoms with Gasteiger partial charge in [0.1, 0.15) is 5.60 Å². The summed E-state index contributed by atoms with van der Waals surface area (Å²) in [6.45, 7) is 5.70. The highest BCUT2D eigenvalue weighted by molar-refractivity contribution is 5.78. The topological polar surface area (TPSA) is 111 Å². The molecule has 0 heterocycles. The lowest BCUT2D eigenvalue weighted by Gasteiger charge is -2.29. The summed E-state index contributed by atoms with van der Waals surface area (Å²) in [5.74, 6) is -0.169. The molecule has 8 heteroatoms. The zero-order chi connectivity index (χ0) is 20.0. The fourth-order valence-corrected chi connectivity index (χ4v) is 3.09. The van der Waals surface area contributed by atoms with Crippen LogP contribution < -0.4 is 10.6 Å². The number of benzene rings is 1. The first-order valence-corrected chi connectivity index (χ1v) is 9.14. The van der Waals surface area contributed by atoms with Crippen molar-refractivity contribution in [3.05, 3.63) is 39.9 Å². The molecule has 1 aliphatic rings. The summed E-state index contributed by atoms with van der Waals surface area (Å²) < 4.78 is 5.25. The van der Waals surface area contributed by atoms with Gasteiger partial charge in [-0.1, -0.05) is 12.1 Å². The number of hydrogen-bond acceptors (Lipinski definition) is 5. The molecule has 8 nitrogen and oxygen atoms in total. The van der Waals surface area contributed by atoms with E-state index in [4.69, 9.17) is 4.74 Å². The van der Waals surface area contributed by atoms with Crippen LogP contribution in [0.25, 0.3) is 0 Å². The van der Waals surface area contributed by atoms with Crippen LogP contribution in [0, 0.1) is 16.0 Å². The Hall–Kier alpha value is -2.64. The van der Waals surface area contributed by atoms with Gasteiger partial charge in [-0.05, 0) is 52.0 Å². The molecule has 2 amide bonds. The summed E-state index contributed by atoms with van der Waals surface area (Å²) in [5.41, 5.74) is 0.168. The molecule has 0 atom stereocenters. The monoisotopic (exact) mass is 377 g/mol. The van der Waals surface area contributed by atoms with Gasteiger partial charge in [-0.15, -0.1) is 0 Å². The van der Waals surface area contributed by atoms with Gasteiger partial charge in [0.25, 0.3) is 5.69 Å². The molecule has 2 rings (SSSR count). The number of carbonyl (C=O) groups excluding carboxylic acids is 2. The van der Waals surface area contributed by atoms with Gasteiger partial charge in [0.05, 0.1) is 4.92 Å². The van der Waals surface area contributed by atoms with Crippen LogP contribution in [0.5, 0.6) is 0 Å². The second-order valence-corrected chi connectivity index (χ2v) is 7.84. The molecule has 1 aliphatic carbocycles. The van der Waals surface area contributed by atoms with Crippen molar-refractivity contribution in [2.75, 3.05) is 0 Å². The van der Waals surface area contributed by atoms with Crippen molar-refractivity contribution >= 4 is 17.7 Å². The highest BCUT2D eigenvalue weighted by atomic mass is 16.6. The molecule has 1 aromatic rings.